The Morgan fingerprint density at radius 2 is 2.17 bits per heavy atom. The van der Waals surface area contributed by atoms with Gasteiger partial charge in [0.1, 0.15) is 5.54 Å². The zero-order valence-corrected chi connectivity index (χ0v) is 12.5. The molecule has 1 fully saturated rings. The van der Waals surface area contributed by atoms with Crippen molar-refractivity contribution in [3.63, 3.8) is 0 Å². The first-order chi connectivity index (χ1) is 8.36. The van der Waals surface area contributed by atoms with Crippen LogP contribution in [-0.4, -0.2) is 61.2 Å². The predicted octanol–water partition coefficient (Wildman–Crippen LogP) is 1.29. The third-order valence-electron chi connectivity index (χ3n) is 3.76. The highest BCUT2D eigenvalue weighted by Crippen LogP contribution is 2.16. The second-order valence-electron chi connectivity index (χ2n) is 6.20. The van der Waals surface area contributed by atoms with E-state index in [-0.39, 0.29) is 0 Å². The molecular weight excluding hydrogens is 224 g/mol. The van der Waals surface area contributed by atoms with Crippen molar-refractivity contribution in [3.8, 4) is 6.07 Å². The van der Waals surface area contributed by atoms with Crippen molar-refractivity contribution in [1.29, 1.82) is 5.26 Å². The number of nitriles is 1. The van der Waals surface area contributed by atoms with E-state index in [1.54, 1.807) is 0 Å². The van der Waals surface area contributed by atoms with Gasteiger partial charge in [0.2, 0.25) is 0 Å². The van der Waals surface area contributed by atoms with Crippen molar-refractivity contribution in [2.45, 2.75) is 51.2 Å². The lowest BCUT2D eigenvalue weighted by Gasteiger charge is -2.28. The van der Waals surface area contributed by atoms with E-state index in [1.165, 1.54) is 6.42 Å². The highest BCUT2D eigenvalue weighted by atomic mass is 15.2. The lowest BCUT2D eigenvalue weighted by molar-refractivity contribution is 0.248. The van der Waals surface area contributed by atoms with Crippen LogP contribution in [0.1, 0.15) is 33.6 Å². The third kappa shape index (κ3) is 4.56. The molecule has 0 amide bonds. The van der Waals surface area contributed by atoms with Gasteiger partial charge in [-0.2, -0.15) is 5.26 Å². The molecule has 1 rings (SSSR count). The molecule has 104 valence electrons. The first kappa shape index (κ1) is 15.4. The Kier molecular flexibility index (Phi) is 5.58. The summed E-state index contributed by atoms with van der Waals surface area (Å²) in [5.41, 5.74) is -0.398. The number of likely N-dealkylation sites (N-methyl/N-ethyl adjacent to an activating group) is 1. The van der Waals surface area contributed by atoms with E-state index in [2.05, 4.69) is 49.1 Å². The quantitative estimate of drug-likeness (QED) is 0.773. The number of hydrogen-bond acceptors (Lipinski definition) is 4. The van der Waals surface area contributed by atoms with Crippen molar-refractivity contribution >= 4 is 0 Å². The average Bonchev–Trinajstić information content (AvgIpc) is 2.74. The molecule has 1 saturated heterocycles. The minimum Gasteiger partial charge on any atom is -0.305 e. The monoisotopic (exact) mass is 252 g/mol. The van der Waals surface area contributed by atoms with Gasteiger partial charge in [-0.15, -0.1) is 0 Å². The van der Waals surface area contributed by atoms with Gasteiger partial charge < -0.3 is 9.80 Å². The second-order valence-corrected chi connectivity index (χ2v) is 6.20. The molecule has 2 unspecified atom stereocenters. The maximum Gasteiger partial charge on any atom is 0.105 e. The fourth-order valence-corrected chi connectivity index (χ4v) is 2.62. The molecule has 1 N–H and O–H groups in total. The molecule has 0 aromatic rings. The van der Waals surface area contributed by atoms with E-state index in [0.29, 0.717) is 12.1 Å². The first-order valence-electron chi connectivity index (χ1n) is 6.94. The Hall–Kier alpha value is -0.630. The smallest absolute Gasteiger partial charge is 0.105 e. The molecular formula is C14H28N4. The van der Waals surface area contributed by atoms with Crippen LogP contribution in [0.15, 0.2) is 0 Å². The number of hydrogen-bond donors (Lipinski definition) is 1. The van der Waals surface area contributed by atoms with Gasteiger partial charge in [0, 0.05) is 25.2 Å². The number of nitrogens with zero attached hydrogens (tertiary/aromatic N) is 3. The molecule has 18 heavy (non-hydrogen) atoms. The summed E-state index contributed by atoms with van der Waals surface area (Å²) >= 11 is 0. The predicted molar refractivity (Wildman–Crippen MR) is 75.4 cm³/mol. The third-order valence-corrected chi connectivity index (χ3v) is 3.76. The maximum atomic E-state index is 9.31. The van der Waals surface area contributed by atoms with Crippen LogP contribution < -0.4 is 5.32 Å². The Labute approximate surface area is 112 Å². The molecule has 0 saturated carbocycles. The van der Waals surface area contributed by atoms with E-state index in [0.717, 1.165) is 26.1 Å². The molecule has 0 aromatic carbocycles. The van der Waals surface area contributed by atoms with Gasteiger partial charge in [0.25, 0.3) is 0 Å². The van der Waals surface area contributed by atoms with Crippen LogP contribution in [0.25, 0.3) is 0 Å². The van der Waals surface area contributed by atoms with Crippen molar-refractivity contribution in [2.75, 3.05) is 33.7 Å². The first-order valence-corrected chi connectivity index (χ1v) is 6.94. The zero-order chi connectivity index (χ0) is 13.8. The van der Waals surface area contributed by atoms with Gasteiger partial charge in [-0.1, -0.05) is 0 Å². The molecule has 1 aliphatic rings. The lowest BCUT2D eigenvalue weighted by atomic mass is 9.98. The number of rotatable bonds is 6. The van der Waals surface area contributed by atoms with E-state index >= 15 is 0 Å². The Morgan fingerprint density at radius 1 is 1.50 bits per heavy atom. The molecule has 0 spiro atoms. The summed E-state index contributed by atoms with van der Waals surface area (Å²) in [7, 11) is 4.29. The Morgan fingerprint density at radius 3 is 2.61 bits per heavy atom. The summed E-state index contributed by atoms with van der Waals surface area (Å²) in [6.07, 6.45) is 2.13. The van der Waals surface area contributed by atoms with E-state index in [4.69, 9.17) is 0 Å². The van der Waals surface area contributed by atoms with E-state index < -0.39 is 5.54 Å². The highest BCUT2D eigenvalue weighted by molar-refractivity contribution is 5.05. The van der Waals surface area contributed by atoms with Gasteiger partial charge in [-0.05, 0) is 54.3 Å². The van der Waals surface area contributed by atoms with Gasteiger partial charge in [-0.3, -0.25) is 5.32 Å². The minimum absolute atomic E-state index is 0.350. The van der Waals surface area contributed by atoms with Crippen LogP contribution >= 0.6 is 0 Å². The standard InChI is InChI=1S/C14H28N4/c1-12(2)16-14(3,11-15)7-9-18-8-6-13(10-18)17(4)5/h12-13,16H,6-10H2,1-5H3. The molecule has 1 heterocycles. The summed E-state index contributed by atoms with van der Waals surface area (Å²) < 4.78 is 0. The normalized spacial score (nSPS) is 24.4. The number of likely N-dealkylation sites (tertiary alicyclic amines) is 1. The highest BCUT2D eigenvalue weighted by Gasteiger charge is 2.28. The summed E-state index contributed by atoms with van der Waals surface area (Å²) in [5, 5.41) is 12.7. The van der Waals surface area contributed by atoms with Crippen LogP contribution in [0, 0.1) is 11.3 Å². The fourth-order valence-electron chi connectivity index (χ4n) is 2.62. The molecule has 2 atom stereocenters. The second kappa shape index (κ2) is 6.51. The van der Waals surface area contributed by atoms with Crippen molar-refractivity contribution in [2.24, 2.45) is 0 Å². The summed E-state index contributed by atoms with van der Waals surface area (Å²) in [6.45, 7) is 9.49. The fraction of sp³-hybridized carbons (Fsp3) is 0.929. The molecule has 4 heteroatoms. The van der Waals surface area contributed by atoms with Crippen LogP contribution in [0.4, 0.5) is 0 Å². The summed E-state index contributed by atoms with van der Waals surface area (Å²) in [6, 6.07) is 3.45. The van der Waals surface area contributed by atoms with Crippen LogP contribution in [0.5, 0.6) is 0 Å². The van der Waals surface area contributed by atoms with Crippen molar-refractivity contribution in [1.82, 2.24) is 15.1 Å². The van der Waals surface area contributed by atoms with E-state index in [9.17, 15) is 5.26 Å². The van der Waals surface area contributed by atoms with Gasteiger partial charge in [-0.25, -0.2) is 0 Å². The van der Waals surface area contributed by atoms with Gasteiger partial charge >= 0.3 is 0 Å². The van der Waals surface area contributed by atoms with Crippen LogP contribution in [-0.2, 0) is 0 Å². The van der Waals surface area contributed by atoms with Crippen molar-refractivity contribution in [3.05, 3.63) is 0 Å². The molecule has 0 radical (unpaired) electrons. The molecule has 4 nitrogen and oxygen atoms in total. The van der Waals surface area contributed by atoms with Crippen LogP contribution in [0.2, 0.25) is 0 Å². The van der Waals surface area contributed by atoms with E-state index in [1.807, 2.05) is 6.92 Å². The largest absolute Gasteiger partial charge is 0.305 e. The van der Waals surface area contributed by atoms with Gasteiger partial charge in [0.05, 0.1) is 6.07 Å². The lowest BCUT2D eigenvalue weighted by Crippen LogP contribution is -2.47. The Balaban J connectivity index is 2.39. The Bertz CT molecular complexity index is 295. The molecule has 0 aliphatic carbocycles. The molecule has 1 aliphatic heterocycles. The average molecular weight is 252 g/mol. The summed E-state index contributed by atoms with van der Waals surface area (Å²) in [4.78, 5) is 4.78. The molecule has 0 bridgehead atoms. The molecule has 0 aromatic heterocycles. The number of nitrogens with one attached hydrogen (secondary N) is 1. The SMILES string of the molecule is CC(C)NC(C)(C#N)CCN1CCC(N(C)C)C1. The van der Waals surface area contributed by atoms with Crippen molar-refractivity contribution < 1.29 is 0 Å². The summed E-state index contributed by atoms with van der Waals surface area (Å²) in [5.74, 6) is 0. The minimum atomic E-state index is -0.398. The van der Waals surface area contributed by atoms with Crippen LogP contribution in [0.3, 0.4) is 0 Å². The van der Waals surface area contributed by atoms with Gasteiger partial charge in [0.15, 0.2) is 0 Å². The maximum absolute atomic E-state index is 9.31. The topological polar surface area (TPSA) is 42.3 Å². The zero-order valence-electron chi connectivity index (χ0n) is 12.5.